The van der Waals surface area contributed by atoms with E-state index in [9.17, 15) is 9.90 Å². The average Bonchev–Trinajstić information content (AvgIpc) is 3.16. The summed E-state index contributed by atoms with van der Waals surface area (Å²) in [5.74, 6) is -0.440. The van der Waals surface area contributed by atoms with Crippen LogP contribution in [0.3, 0.4) is 0 Å². The molecule has 0 bridgehead atoms. The van der Waals surface area contributed by atoms with E-state index in [1.807, 2.05) is 30.5 Å². The molecule has 1 unspecified atom stereocenters. The standard InChI is InChI=1S/C24H25N3O2/c1-15(28)23(29)25-18-11-12-20-19(14-18)26-22(21-6-5-13-27(20)21)16-7-9-17(10-8-16)24(2,3)4/h5-15,28H,1-4H3,(H,25,29). The lowest BCUT2D eigenvalue weighted by Crippen LogP contribution is -2.24. The molecule has 5 nitrogen and oxygen atoms in total. The third-order valence-electron chi connectivity index (χ3n) is 5.13. The van der Waals surface area contributed by atoms with Crippen LogP contribution in [-0.2, 0) is 10.2 Å². The second-order valence-electron chi connectivity index (χ2n) is 8.42. The van der Waals surface area contributed by atoms with Crippen molar-refractivity contribution < 1.29 is 9.90 Å². The number of aliphatic hydroxyl groups excluding tert-OH is 1. The van der Waals surface area contributed by atoms with Crippen LogP contribution in [0, 0.1) is 0 Å². The van der Waals surface area contributed by atoms with Gasteiger partial charge in [-0.25, -0.2) is 4.98 Å². The summed E-state index contributed by atoms with van der Waals surface area (Å²) in [6.45, 7) is 8.04. The molecule has 5 heteroatoms. The minimum Gasteiger partial charge on any atom is -0.384 e. The van der Waals surface area contributed by atoms with Crippen molar-refractivity contribution in [2.24, 2.45) is 0 Å². The first-order valence-corrected chi connectivity index (χ1v) is 9.75. The van der Waals surface area contributed by atoms with E-state index in [2.05, 4.69) is 60.8 Å². The molecule has 0 aliphatic rings. The van der Waals surface area contributed by atoms with Crippen LogP contribution in [0.5, 0.6) is 0 Å². The number of carbonyl (C=O) groups excluding carboxylic acids is 1. The van der Waals surface area contributed by atoms with Crippen molar-refractivity contribution in [3.8, 4) is 11.3 Å². The highest BCUT2D eigenvalue weighted by Gasteiger charge is 2.16. The van der Waals surface area contributed by atoms with Crippen molar-refractivity contribution in [2.75, 3.05) is 5.32 Å². The van der Waals surface area contributed by atoms with E-state index in [0.29, 0.717) is 5.69 Å². The summed E-state index contributed by atoms with van der Waals surface area (Å²) >= 11 is 0. The highest BCUT2D eigenvalue weighted by Crippen LogP contribution is 2.30. The number of nitrogens with one attached hydrogen (secondary N) is 1. The van der Waals surface area contributed by atoms with E-state index in [1.165, 1.54) is 12.5 Å². The molecule has 29 heavy (non-hydrogen) atoms. The molecular formula is C24H25N3O2. The normalized spacial score (nSPS) is 13.0. The quantitative estimate of drug-likeness (QED) is 0.532. The molecule has 4 aromatic rings. The zero-order chi connectivity index (χ0) is 20.8. The van der Waals surface area contributed by atoms with Crippen molar-refractivity contribution in [1.82, 2.24) is 9.38 Å². The lowest BCUT2D eigenvalue weighted by Gasteiger charge is -2.19. The van der Waals surface area contributed by atoms with E-state index >= 15 is 0 Å². The van der Waals surface area contributed by atoms with Crippen molar-refractivity contribution >= 4 is 28.1 Å². The van der Waals surface area contributed by atoms with Gasteiger partial charge in [-0.15, -0.1) is 0 Å². The van der Waals surface area contributed by atoms with Gasteiger partial charge in [-0.1, -0.05) is 45.0 Å². The predicted octanol–water partition coefficient (Wildman–Crippen LogP) is 4.77. The minimum absolute atomic E-state index is 0.0939. The van der Waals surface area contributed by atoms with Gasteiger partial charge >= 0.3 is 0 Å². The van der Waals surface area contributed by atoms with Gasteiger partial charge in [-0.2, -0.15) is 0 Å². The number of carbonyl (C=O) groups is 1. The first-order valence-electron chi connectivity index (χ1n) is 9.75. The van der Waals surface area contributed by atoms with Gasteiger partial charge < -0.3 is 14.8 Å². The van der Waals surface area contributed by atoms with Gasteiger partial charge in [0.1, 0.15) is 6.10 Å². The SMILES string of the molecule is CC(O)C(=O)Nc1ccc2c(c1)nc(-c1ccc(C(C)(C)C)cc1)c1cccn12. The number of anilines is 1. The summed E-state index contributed by atoms with van der Waals surface area (Å²) in [5.41, 5.74) is 6.66. The first kappa shape index (κ1) is 19.2. The largest absolute Gasteiger partial charge is 0.384 e. The highest BCUT2D eigenvalue weighted by molar-refractivity contribution is 5.96. The third-order valence-corrected chi connectivity index (χ3v) is 5.13. The van der Waals surface area contributed by atoms with Gasteiger partial charge in [-0.3, -0.25) is 4.79 Å². The van der Waals surface area contributed by atoms with Crippen LogP contribution in [0.15, 0.2) is 60.8 Å². The van der Waals surface area contributed by atoms with Gasteiger partial charge in [0.2, 0.25) is 0 Å². The number of fused-ring (bicyclic) bond motifs is 3. The number of amides is 1. The number of nitrogens with zero attached hydrogens (tertiary/aromatic N) is 2. The fourth-order valence-corrected chi connectivity index (χ4v) is 3.44. The van der Waals surface area contributed by atoms with E-state index in [1.54, 1.807) is 0 Å². The van der Waals surface area contributed by atoms with Crippen LogP contribution in [0.1, 0.15) is 33.3 Å². The maximum Gasteiger partial charge on any atom is 0.252 e. The predicted molar refractivity (Wildman–Crippen MR) is 117 cm³/mol. The van der Waals surface area contributed by atoms with Crippen LogP contribution in [0.25, 0.3) is 27.8 Å². The van der Waals surface area contributed by atoms with Crippen LogP contribution < -0.4 is 5.32 Å². The van der Waals surface area contributed by atoms with E-state index in [-0.39, 0.29) is 5.41 Å². The fraction of sp³-hybridized carbons (Fsp3) is 0.250. The highest BCUT2D eigenvalue weighted by atomic mass is 16.3. The summed E-state index contributed by atoms with van der Waals surface area (Å²) in [6, 6.07) is 18.2. The maximum atomic E-state index is 11.8. The Bertz CT molecular complexity index is 1200. The zero-order valence-electron chi connectivity index (χ0n) is 17.1. The van der Waals surface area contributed by atoms with E-state index in [4.69, 9.17) is 4.98 Å². The van der Waals surface area contributed by atoms with Crippen LogP contribution in [0.2, 0.25) is 0 Å². The van der Waals surface area contributed by atoms with Crippen molar-refractivity contribution in [3.05, 3.63) is 66.4 Å². The smallest absolute Gasteiger partial charge is 0.252 e. The molecule has 0 aliphatic heterocycles. The molecule has 0 fully saturated rings. The molecule has 2 aromatic heterocycles. The Labute approximate surface area is 170 Å². The molecular weight excluding hydrogens is 362 g/mol. The topological polar surface area (TPSA) is 66.6 Å². The number of rotatable bonds is 3. The third kappa shape index (κ3) is 3.61. The number of aromatic nitrogens is 2. The summed E-state index contributed by atoms with van der Waals surface area (Å²) < 4.78 is 2.11. The number of hydrogen-bond acceptors (Lipinski definition) is 3. The molecule has 1 amide bonds. The Morgan fingerprint density at radius 3 is 2.45 bits per heavy atom. The summed E-state index contributed by atoms with van der Waals surface area (Å²) in [7, 11) is 0. The fourth-order valence-electron chi connectivity index (χ4n) is 3.44. The molecule has 0 radical (unpaired) electrons. The number of hydrogen-bond donors (Lipinski definition) is 2. The lowest BCUT2D eigenvalue weighted by molar-refractivity contribution is -0.123. The van der Waals surface area contributed by atoms with Gasteiger partial charge in [0.15, 0.2) is 0 Å². The Balaban J connectivity index is 1.84. The molecule has 148 valence electrons. The minimum atomic E-state index is -1.07. The average molecular weight is 387 g/mol. The molecule has 0 saturated carbocycles. The Morgan fingerprint density at radius 1 is 1.07 bits per heavy atom. The van der Waals surface area contributed by atoms with Crippen LogP contribution in [0.4, 0.5) is 5.69 Å². The maximum absolute atomic E-state index is 11.8. The van der Waals surface area contributed by atoms with Gasteiger partial charge in [0, 0.05) is 17.4 Å². The van der Waals surface area contributed by atoms with Crippen molar-refractivity contribution in [1.29, 1.82) is 0 Å². The molecule has 2 aromatic carbocycles. The molecule has 1 atom stereocenters. The molecule has 4 rings (SSSR count). The summed E-state index contributed by atoms with van der Waals surface area (Å²) in [4.78, 5) is 16.7. The lowest BCUT2D eigenvalue weighted by atomic mass is 9.86. The summed E-state index contributed by atoms with van der Waals surface area (Å²) in [5, 5.41) is 12.2. The van der Waals surface area contributed by atoms with Gasteiger partial charge in [0.25, 0.3) is 5.91 Å². The second kappa shape index (κ2) is 7.01. The Kier molecular flexibility index (Phi) is 4.63. The van der Waals surface area contributed by atoms with E-state index < -0.39 is 12.0 Å². The first-order chi connectivity index (χ1) is 13.7. The van der Waals surface area contributed by atoms with E-state index in [0.717, 1.165) is 27.8 Å². The van der Waals surface area contributed by atoms with Crippen molar-refractivity contribution in [3.63, 3.8) is 0 Å². The molecule has 0 spiro atoms. The molecule has 2 heterocycles. The number of aliphatic hydroxyl groups is 1. The van der Waals surface area contributed by atoms with Crippen LogP contribution in [-0.4, -0.2) is 26.5 Å². The summed E-state index contributed by atoms with van der Waals surface area (Å²) in [6.07, 6.45) is 0.947. The molecule has 0 saturated heterocycles. The monoisotopic (exact) mass is 387 g/mol. The molecule has 0 aliphatic carbocycles. The number of benzene rings is 2. The van der Waals surface area contributed by atoms with Crippen molar-refractivity contribution in [2.45, 2.75) is 39.2 Å². The Morgan fingerprint density at radius 2 is 1.79 bits per heavy atom. The van der Waals surface area contributed by atoms with Crippen LogP contribution >= 0.6 is 0 Å². The Hall–Kier alpha value is -3.18. The van der Waals surface area contributed by atoms with Gasteiger partial charge in [-0.05, 0) is 48.2 Å². The zero-order valence-corrected chi connectivity index (χ0v) is 17.1. The second-order valence-corrected chi connectivity index (χ2v) is 8.42. The van der Waals surface area contributed by atoms with Gasteiger partial charge in [0.05, 0.1) is 22.2 Å². The molecule has 2 N–H and O–H groups in total.